The van der Waals surface area contributed by atoms with Crippen molar-refractivity contribution in [2.24, 2.45) is 0 Å². The summed E-state index contributed by atoms with van der Waals surface area (Å²) in [6, 6.07) is 13.7. The van der Waals surface area contributed by atoms with Crippen molar-refractivity contribution in [3.05, 3.63) is 65.0 Å². The van der Waals surface area contributed by atoms with Crippen LogP contribution in [0.15, 0.2) is 42.5 Å². The van der Waals surface area contributed by atoms with Crippen molar-refractivity contribution in [2.45, 2.75) is 92.2 Å². The van der Waals surface area contributed by atoms with Crippen molar-refractivity contribution in [3.8, 4) is 5.75 Å². The van der Waals surface area contributed by atoms with Crippen LogP contribution in [-0.2, 0) is 29.0 Å². The second kappa shape index (κ2) is 24.3. The van der Waals surface area contributed by atoms with Gasteiger partial charge < -0.3 is 25.5 Å². The van der Waals surface area contributed by atoms with Crippen LogP contribution in [0.4, 0.5) is 4.39 Å². The Balaban J connectivity index is 0.00000269. The zero-order valence-electron chi connectivity index (χ0n) is 25.1. The number of carbonyl (C=O) groups excluding carboxylic acids is 2. The van der Waals surface area contributed by atoms with Gasteiger partial charge in [-0.2, -0.15) is 0 Å². The Hall–Kier alpha value is -2.77. The predicted octanol–water partition coefficient (Wildman–Crippen LogP) is 6.01. The van der Waals surface area contributed by atoms with Gasteiger partial charge in [0, 0.05) is 25.1 Å². The van der Waals surface area contributed by atoms with Gasteiger partial charge in [0.15, 0.2) is 0 Å². The number of unbranched alkanes of at least 4 members (excludes halogenated alkanes) is 1. The van der Waals surface area contributed by atoms with Crippen LogP contribution >= 0.6 is 0 Å². The minimum absolute atomic E-state index is 0.0396. The van der Waals surface area contributed by atoms with Crippen molar-refractivity contribution in [1.82, 2.24) is 16.0 Å². The first-order valence-corrected chi connectivity index (χ1v) is 14.5. The van der Waals surface area contributed by atoms with Crippen molar-refractivity contribution < 1.29 is 18.7 Å². The van der Waals surface area contributed by atoms with Crippen LogP contribution in [0.1, 0.15) is 83.4 Å². The second-order valence-electron chi connectivity index (χ2n) is 9.11. The van der Waals surface area contributed by atoms with E-state index in [0.717, 1.165) is 31.5 Å². The summed E-state index contributed by atoms with van der Waals surface area (Å²) in [5, 5.41) is 9.33. The molecule has 7 heteroatoms. The van der Waals surface area contributed by atoms with Gasteiger partial charge in [0.05, 0.1) is 13.2 Å². The predicted molar refractivity (Wildman–Crippen MR) is 161 cm³/mol. The molecule has 0 fully saturated rings. The van der Waals surface area contributed by atoms with Gasteiger partial charge in [-0.25, -0.2) is 4.39 Å². The quantitative estimate of drug-likeness (QED) is 0.168. The maximum Gasteiger partial charge on any atom is 0.220 e. The lowest BCUT2D eigenvalue weighted by Gasteiger charge is -2.17. The van der Waals surface area contributed by atoms with Crippen molar-refractivity contribution in [2.75, 3.05) is 26.7 Å². The maximum atomic E-state index is 14.1. The number of nitrogens with one attached hydrogen (secondary N) is 3. The number of halogens is 1. The fourth-order valence-corrected chi connectivity index (χ4v) is 3.74. The van der Waals surface area contributed by atoms with Crippen LogP contribution < -0.4 is 20.7 Å². The normalized spacial score (nSPS) is 10.8. The van der Waals surface area contributed by atoms with Gasteiger partial charge in [-0.3, -0.25) is 4.79 Å². The summed E-state index contributed by atoms with van der Waals surface area (Å²) in [6.07, 6.45) is 6.22. The molecule has 0 aliphatic heterocycles. The van der Waals surface area contributed by atoms with E-state index in [1.54, 1.807) is 6.07 Å². The lowest BCUT2D eigenvalue weighted by Crippen LogP contribution is -2.31. The highest BCUT2D eigenvalue weighted by molar-refractivity contribution is 5.78. The minimum atomic E-state index is -0.315. The van der Waals surface area contributed by atoms with Gasteiger partial charge in [-0.05, 0) is 74.5 Å². The highest BCUT2D eigenvalue weighted by atomic mass is 19.1. The van der Waals surface area contributed by atoms with E-state index in [9.17, 15) is 14.0 Å². The Bertz CT molecular complexity index is 908. The number of aryl methyl sites for hydroxylation is 1. The fraction of sp³-hybridized carbons (Fsp3) is 0.562. The molecule has 3 N–H and O–H groups in total. The van der Waals surface area contributed by atoms with E-state index >= 15 is 0 Å². The number of hydrogen-bond acceptors (Lipinski definition) is 5. The van der Waals surface area contributed by atoms with Crippen molar-refractivity contribution >= 4 is 12.2 Å². The molecule has 0 aliphatic carbocycles. The van der Waals surface area contributed by atoms with Gasteiger partial charge in [-0.1, -0.05) is 65.3 Å². The zero-order valence-corrected chi connectivity index (χ0v) is 25.1. The Labute approximate surface area is 236 Å². The Morgan fingerprint density at radius 3 is 2.41 bits per heavy atom. The summed E-state index contributed by atoms with van der Waals surface area (Å²) in [5.41, 5.74) is 3.52. The summed E-state index contributed by atoms with van der Waals surface area (Å²) in [6.45, 7) is 12.6. The number of ether oxygens (including phenoxy) is 1. The van der Waals surface area contributed by atoms with Crippen LogP contribution in [0.2, 0.25) is 0 Å². The molecule has 2 aromatic carbocycles. The lowest BCUT2D eigenvalue weighted by molar-refractivity contribution is -0.122. The average Bonchev–Trinajstić information content (AvgIpc) is 2.94. The summed E-state index contributed by atoms with van der Waals surface area (Å²) in [5.74, 6) is 0.0379. The monoisotopic (exact) mass is 545 g/mol. The summed E-state index contributed by atoms with van der Waals surface area (Å²) in [7, 11) is 1.93. The van der Waals surface area contributed by atoms with Crippen LogP contribution in [0, 0.1) is 5.82 Å². The fourth-order valence-electron chi connectivity index (χ4n) is 3.74. The molecule has 0 aliphatic rings. The van der Waals surface area contributed by atoms with Gasteiger partial charge in [0.2, 0.25) is 5.91 Å². The Kier molecular flexibility index (Phi) is 22.6. The number of hydrogen-bond donors (Lipinski definition) is 3. The smallest absolute Gasteiger partial charge is 0.220 e. The molecule has 39 heavy (non-hydrogen) atoms. The topological polar surface area (TPSA) is 79.5 Å². The molecule has 1 atom stereocenters. The average molecular weight is 546 g/mol. The number of benzene rings is 2. The molecular formula is C32H52FN3O3. The molecular weight excluding hydrogens is 493 g/mol. The zero-order chi connectivity index (χ0) is 29.3. The third-order valence-corrected chi connectivity index (χ3v) is 5.67. The maximum absolute atomic E-state index is 14.1. The Morgan fingerprint density at radius 1 is 1.03 bits per heavy atom. The van der Waals surface area contributed by atoms with E-state index < -0.39 is 0 Å². The van der Waals surface area contributed by atoms with E-state index in [1.807, 2.05) is 27.0 Å². The van der Waals surface area contributed by atoms with Crippen LogP contribution in [0.3, 0.4) is 0 Å². The third kappa shape index (κ3) is 18.2. The number of rotatable bonds is 17. The largest absolute Gasteiger partial charge is 0.493 e. The highest BCUT2D eigenvalue weighted by Gasteiger charge is 2.10. The summed E-state index contributed by atoms with van der Waals surface area (Å²) >= 11 is 0. The van der Waals surface area contributed by atoms with Crippen LogP contribution in [0.25, 0.3) is 0 Å². The molecule has 0 saturated carbocycles. The molecule has 1 amide bonds. The number of amides is 1. The van der Waals surface area contributed by atoms with Crippen LogP contribution in [-0.4, -0.2) is 45.0 Å². The number of aldehydes is 1. The number of likely N-dealkylation sites (N-methyl/N-ethyl adjacent to an activating group) is 1. The van der Waals surface area contributed by atoms with E-state index in [2.05, 4.69) is 61.0 Å². The SMILES string of the molecule is CC.CCC.CCc1cccc(CNCC[C@H](Cc2cc(F)cc(OCCCCC(=O)NCC=O)c2)NC)c1. The van der Waals surface area contributed by atoms with Gasteiger partial charge in [-0.15, -0.1) is 0 Å². The first-order valence-electron chi connectivity index (χ1n) is 14.5. The van der Waals surface area contributed by atoms with E-state index in [1.165, 1.54) is 23.6 Å². The van der Waals surface area contributed by atoms with Gasteiger partial charge in [0.1, 0.15) is 17.9 Å². The molecule has 2 rings (SSSR count). The molecule has 0 bridgehead atoms. The highest BCUT2D eigenvalue weighted by Crippen LogP contribution is 2.19. The third-order valence-electron chi connectivity index (χ3n) is 5.67. The lowest BCUT2D eigenvalue weighted by atomic mass is 10.0. The Morgan fingerprint density at radius 2 is 1.74 bits per heavy atom. The molecule has 6 nitrogen and oxygen atoms in total. The van der Waals surface area contributed by atoms with Crippen LogP contribution in [0.5, 0.6) is 5.75 Å². The van der Waals surface area contributed by atoms with E-state index in [0.29, 0.717) is 44.3 Å². The molecule has 0 aromatic heterocycles. The second-order valence-corrected chi connectivity index (χ2v) is 9.11. The van der Waals surface area contributed by atoms with Crippen molar-refractivity contribution in [1.29, 1.82) is 0 Å². The molecule has 0 saturated heterocycles. The van der Waals surface area contributed by atoms with E-state index in [4.69, 9.17) is 4.74 Å². The minimum Gasteiger partial charge on any atom is -0.493 e. The first kappa shape index (κ1) is 36.2. The molecule has 0 spiro atoms. The number of carbonyl (C=O) groups is 2. The molecule has 220 valence electrons. The first-order chi connectivity index (χ1) is 18.9. The van der Waals surface area contributed by atoms with Gasteiger partial charge >= 0.3 is 0 Å². The molecule has 2 aromatic rings. The summed E-state index contributed by atoms with van der Waals surface area (Å²) in [4.78, 5) is 21.7. The van der Waals surface area contributed by atoms with Gasteiger partial charge in [0.25, 0.3) is 0 Å². The summed E-state index contributed by atoms with van der Waals surface area (Å²) < 4.78 is 19.9. The standard InChI is InChI=1S/C27H38FN3O3.C3H8.C2H6/c1-3-21-7-6-8-22(15-21)20-30-11-10-25(29-2)17-23-16-24(28)19-26(18-23)34-14-5-4-9-27(33)31-12-13-32;1-3-2;1-2/h6-8,13,15-16,18-19,25,29-30H,3-5,9-12,14,17,20H2,1-2H3,(H,31,33);3H2,1-2H3;1-2H3/t25-;;/m1../s1. The molecule has 0 radical (unpaired) electrons. The molecule has 0 heterocycles. The molecule has 0 unspecified atom stereocenters. The van der Waals surface area contributed by atoms with Crippen molar-refractivity contribution in [3.63, 3.8) is 0 Å². The van der Waals surface area contributed by atoms with E-state index in [-0.39, 0.29) is 24.3 Å².